The number of aromatic nitrogens is 1. The van der Waals surface area contributed by atoms with Crippen LogP contribution in [-0.4, -0.2) is 42.1 Å². The van der Waals surface area contributed by atoms with E-state index in [1.807, 2.05) is 11.0 Å². The molecule has 2 aromatic rings. The van der Waals surface area contributed by atoms with Gasteiger partial charge in [-0.15, -0.1) is 0 Å². The quantitative estimate of drug-likeness (QED) is 0.849. The van der Waals surface area contributed by atoms with Crippen molar-refractivity contribution in [1.29, 1.82) is 0 Å². The maximum atomic E-state index is 12.3. The van der Waals surface area contributed by atoms with Crippen LogP contribution in [0.2, 0.25) is 0 Å². The van der Waals surface area contributed by atoms with Gasteiger partial charge in [0.05, 0.1) is 0 Å². The average molecular weight is 285 g/mol. The van der Waals surface area contributed by atoms with Crippen LogP contribution in [0.25, 0.3) is 0 Å². The first-order valence-corrected chi connectivity index (χ1v) is 7.18. The van der Waals surface area contributed by atoms with Gasteiger partial charge in [0, 0.05) is 37.9 Å². The van der Waals surface area contributed by atoms with Crippen molar-refractivity contribution in [3.05, 3.63) is 47.3 Å². The zero-order chi connectivity index (χ0) is 14.8. The van der Waals surface area contributed by atoms with Crippen LogP contribution in [0.3, 0.4) is 0 Å². The number of benzene rings is 1. The van der Waals surface area contributed by atoms with Crippen LogP contribution in [0.4, 0.5) is 5.69 Å². The SMILES string of the molecule is Cc1cc(C(=O)N2CCN(c3ccccc3C)CC2)no1. The van der Waals surface area contributed by atoms with Crippen LogP contribution < -0.4 is 4.90 Å². The molecule has 5 nitrogen and oxygen atoms in total. The molecule has 5 heteroatoms. The predicted molar refractivity (Wildman–Crippen MR) is 80.5 cm³/mol. The molecule has 0 N–H and O–H groups in total. The van der Waals surface area contributed by atoms with E-state index >= 15 is 0 Å². The zero-order valence-electron chi connectivity index (χ0n) is 12.4. The molecule has 2 heterocycles. The summed E-state index contributed by atoms with van der Waals surface area (Å²) in [6.07, 6.45) is 0. The maximum absolute atomic E-state index is 12.3. The predicted octanol–water partition coefficient (Wildman–Crippen LogP) is 2.25. The lowest BCUT2D eigenvalue weighted by Crippen LogP contribution is -2.49. The molecule has 1 aliphatic rings. The van der Waals surface area contributed by atoms with E-state index in [9.17, 15) is 4.79 Å². The second-order valence-corrected chi connectivity index (χ2v) is 5.39. The van der Waals surface area contributed by atoms with E-state index in [1.54, 1.807) is 13.0 Å². The number of amides is 1. The highest BCUT2D eigenvalue weighted by molar-refractivity contribution is 5.92. The molecule has 1 amide bonds. The molecule has 1 aromatic heterocycles. The van der Waals surface area contributed by atoms with Crippen molar-refractivity contribution in [2.75, 3.05) is 31.1 Å². The van der Waals surface area contributed by atoms with Crippen LogP contribution in [0, 0.1) is 13.8 Å². The fraction of sp³-hybridized carbons (Fsp3) is 0.375. The molecule has 1 saturated heterocycles. The molecule has 0 bridgehead atoms. The Kier molecular flexibility index (Phi) is 3.64. The Labute approximate surface area is 124 Å². The van der Waals surface area contributed by atoms with E-state index in [0.717, 1.165) is 13.1 Å². The van der Waals surface area contributed by atoms with Gasteiger partial charge in [-0.2, -0.15) is 0 Å². The Morgan fingerprint density at radius 1 is 1.14 bits per heavy atom. The highest BCUT2D eigenvalue weighted by Crippen LogP contribution is 2.21. The van der Waals surface area contributed by atoms with Gasteiger partial charge in [-0.1, -0.05) is 23.4 Å². The van der Waals surface area contributed by atoms with E-state index in [-0.39, 0.29) is 5.91 Å². The van der Waals surface area contributed by atoms with E-state index in [4.69, 9.17) is 4.52 Å². The van der Waals surface area contributed by atoms with E-state index in [1.165, 1.54) is 11.3 Å². The largest absolute Gasteiger partial charge is 0.368 e. The number of para-hydroxylation sites is 1. The Hall–Kier alpha value is -2.30. The fourth-order valence-corrected chi connectivity index (χ4v) is 2.70. The number of aryl methyl sites for hydroxylation is 2. The van der Waals surface area contributed by atoms with Crippen molar-refractivity contribution in [1.82, 2.24) is 10.1 Å². The summed E-state index contributed by atoms with van der Waals surface area (Å²) in [7, 11) is 0. The molecule has 21 heavy (non-hydrogen) atoms. The minimum absolute atomic E-state index is 0.0451. The van der Waals surface area contributed by atoms with Gasteiger partial charge in [-0.05, 0) is 25.5 Å². The van der Waals surface area contributed by atoms with Crippen LogP contribution in [-0.2, 0) is 0 Å². The molecule has 0 aliphatic carbocycles. The smallest absolute Gasteiger partial charge is 0.276 e. The Bertz CT molecular complexity index is 642. The third-order valence-electron chi connectivity index (χ3n) is 3.87. The normalized spacial score (nSPS) is 15.3. The van der Waals surface area contributed by atoms with Crippen LogP contribution in [0.15, 0.2) is 34.9 Å². The van der Waals surface area contributed by atoms with Gasteiger partial charge in [0.15, 0.2) is 5.69 Å². The molecular weight excluding hydrogens is 266 g/mol. The van der Waals surface area contributed by atoms with Gasteiger partial charge < -0.3 is 14.3 Å². The molecule has 0 saturated carbocycles. The van der Waals surface area contributed by atoms with Crippen molar-refractivity contribution in [3.63, 3.8) is 0 Å². The van der Waals surface area contributed by atoms with E-state index < -0.39 is 0 Å². The van der Waals surface area contributed by atoms with Crippen molar-refractivity contribution in [3.8, 4) is 0 Å². The summed E-state index contributed by atoms with van der Waals surface area (Å²) in [6, 6.07) is 10.0. The third kappa shape index (κ3) is 2.77. The molecule has 0 spiro atoms. The number of piperazine rings is 1. The standard InChI is InChI=1S/C16H19N3O2/c1-12-5-3-4-6-15(12)18-7-9-19(10-8-18)16(20)14-11-13(2)21-17-14/h3-6,11H,7-10H2,1-2H3. The summed E-state index contributed by atoms with van der Waals surface area (Å²) in [4.78, 5) is 16.5. The summed E-state index contributed by atoms with van der Waals surface area (Å²) in [5.41, 5.74) is 2.92. The minimum atomic E-state index is -0.0451. The molecule has 0 radical (unpaired) electrons. The summed E-state index contributed by atoms with van der Waals surface area (Å²) in [5.74, 6) is 0.619. The van der Waals surface area contributed by atoms with Gasteiger partial charge in [-0.3, -0.25) is 4.79 Å². The van der Waals surface area contributed by atoms with Crippen LogP contribution in [0.5, 0.6) is 0 Å². The first-order valence-electron chi connectivity index (χ1n) is 7.18. The van der Waals surface area contributed by atoms with Crippen molar-refractivity contribution in [2.24, 2.45) is 0 Å². The molecule has 110 valence electrons. The lowest BCUT2D eigenvalue weighted by Gasteiger charge is -2.36. The number of nitrogens with zero attached hydrogens (tertiary/aromatic N) is 3. The molecule has 3 rings (SSSR count). The first kappa shape index (κ1) is 13.7. The molecule has 1 aromatic carbocycles. The summed E-state index contributed by atoms with van der Waals surface area (Å²) in [5, 5.41) is 3.80. The Morgan fingerprint density at radius 2 is 1.86 bits per heavy atom. The Balaban J connectivity index is 1.65. The second kappa shape index (κ2) is 5.60. The van der Waals surface area contributed by atoms with Crippen molar-refractivity contribution >= 4 is 11.6 Å². The number of hydrogen-bond acceptors (Lipinski definition) is 4. The summed E-state index contributed by atoms with van der Waals surface area (Å²) < 4.78 is 4.97. The summed E-state index contributed by atoms with van der Waals surface area (Å²) in [6.45, 7) is 7.00. The lowest BCUT2D eigenvalue weighted by molar-refractivity contribution is 0.0736. The van der Waals surface area contributed by atoms with Gasteiger partial charge in [-0.25, -0.2) is 0 Å². The highest BCUT2D eigenvalue weighted by atomic mass is 16.5. The number of carbonyl (C=O) groups excluding carboxylic acids is 1. The van der Waals surface area contributed by atoms with Crippen molar-refractivity contribution < 1.29 is 9.32 Å². The number of anilines is 1. The molecular formula is C16H19N3O2. The van der Waals surface area contributed by atoms with Gasteiger partial charge in [0.1, 0.15) is 5.76 Å². The average Bonchev–Trinajstić information content (AvgIpc) is 2.94. The molecule has 0 atom stereocenters. The topological polar surface area (TPSA) is 49.6 Å². The van der Waals surface area contributed by atoms with E-state index in [2.05, 4.69) is 35.2 Å². The second-order valence-electron chi connectivity index (χ2n) is 5.39. The highest BCUT2D eigenvalue weighted by Gasteiger charge is 2.24. The molecule has 1 fully saturated rings. The Morgan fingerprint density at radius 3 is 2.48 bits per heavy atom. The van der Waals surface area contributed by atoms with Crippen molar-refractivity contribution in [2.45, 2.75) is 13.8 Å². The minimum Gasteiger partial charge on any atom is -0.368 e. The summed E-state index contributed by atoms with van der Waals surface area (Å²) >= 11 is 0. The fourth-order valence-electron chi connectivity index (χ4n) is 2.70. The zero-order valence-corrected chi connectivity index (χ0v) is 12.4. The molecule has 1 aliphatic heterocycles. The van der Waals surface area contributed by atoms with Gasteiger partial charge in [0.2, 0.25) is 0 Å². The van der Waals surface area contributed by atoms with Crippen LogP contribution >= 0.6 is 0 Å². The van der Waals surface area contributed by atoms with E-state index in [0.29, 0.717) is 24.5 Å². The number of hydrogen-bond donors (Lipinski definition) is 0. The monoisotopic (exact) mass is 285 g/mol. The van der Waals surface area contributed by atoms with Gasteiger partial charge in [0.25, 0.3) is 5.91 Å². The van der Waals surface area contributed by atoms with Gasteiger partial charge >= 0.3 is 0 Å². The lowest BCUT2D eigenvalue weighted by atomic mass is 10.1. The third-order valence-corrected chi connectivity index (χ3v) is 3.87. The maximum Gasteiger partial charge on any atom is 0.276 e. The number of rotatable bonds is 2. The first-order chi connectivity index (χ1) is 10.1. The number of carbonyl (C=O) groups is 1. The van der Waals surface area contributed by atoms with Crippen LogP contribution in [0.1, 0.15) is 21.8 Å². The molecule has 0 unspecified atom stereocenters.